The molecule has 1 saturated heterocycles. The van der Waals surface area contributed by atoms with Crippen LogP contribution in [0.3, 0.4) is 0 Å². The van der Waals surface area contributed by atoms with Gasteiger partial charge in [0, 0.05) is 24.9 Å². The lowest BCUT2D eigenvalue weighted by molar-refractivity contribution is -0.152. The zero-order valence-electron chi connectivity index (χ0n) is 20.1. The molecule has 1 heterocycles. The van der Waals surface area contributed by atoms with E-state index in [-0.39, 0.29) is 24.3 Å². The van der Waals surface area contributed by atoms with E-state index in [9.17, 15) is 19.5 Å². The summed E-state index contributed by atoms with van der Waals surface area (Å²) in [5.74, 6) is -1.71. The summed E-state index contributed by atoms with van der Waals surface area (Å²) in [6.07, 6.45) is -0.633. The summed E-state index contributed by atoms with van der Waals surface area (Å²) in [6.45, 7) is 8.25. The van der Waals surface area contributed by atoms with Gasteiger partial charge in [0.25, 0.3) is 0 Å². The molecule has 2 amide bonds. The van der Waals surface area contributed by atoms with Crippen LogP contribution < -0.4 is 5.32 Å². The molecular formula is C27H32N2O5. The Labute approximate surface area is 200 Å². The van der Waals surface area contributed by atoms with Crippen LogP contribution >= 0.6 is 0 Å². The fourth-order valence-corrected chi connectivity index (χ4v) is 4.80. The van der Waals surface area contributed by atoms with Gasteiger partial charge in [-0.3, -0.25) is 9.59 Å². The first-order valence-electron chi connectivity index (χ1n) is 11.7. The molecule has 2 aromatic carbocycles. The Morgan fingerprint density at radius 2 is 1.56 bits per heavy atom. The minimum absolute atomic E-state index is 0.0596. The molecule has 1 unspecified atom stereocenters. The predicted octanol–water partition coefficient (Wildman–Crippen LogP) is 4.12. The fraction of sp³-hybridized carbons (Fsp3) is 0.444. The number of aliphatic carboxylic acids is 1. The third-order valence-corrected chi connectivity index (χ3v) is 7.04. The highest BCUT2D eigenvalue weighted by atomic mass is 16.5. The zero-order valence-corrected chi connectivity index (χ0v) is 20.1. The Morgan fingerprint density at radius 3 is 2.06 bits per heavy atom. The average Bonchev–Trinajstić information content (AvgIpc) is 3.07. The van der Waals surface area contributed by atoms with Crippen LogP contribution in [0.2, 0.25) is 0 Å². The summed E-state index contributed by atoms with van der Waals surface area (Å²) >= 11 is 0. The molecule has 2 aromatic rings. The molecule has 1 aliphatic heterocycles. The second-order valence-corrected chi connectivity index (χ2v) is 10.4. The van der Waals surface area contributed by atoms with E-state index in [1.54, 1.807) is 11.8 Å². The number of hydrogen-bond acceptors (Lipinski definition) is 4. The van der Waals surface area contributed by atoms with E-state index in [1.807, 2.05) is 45.0 Å². The quantitative estimate of drug-likeness (QED) is 0.671. The molecule has 180 valence electrons. The number of rotatable bonds is 6. The lowest BCUT2D eigenvalue weighted by atomic mass is 9.82. The van der Waals surface area contributed by atoms with Gasteiger partial charge in [-0.05, 0) is 27.7 Å². The van der Waals surface area contributed by atoms with Crippen molar-refractivity contribution in [2.45, 2.75) is 39.7 Å². The minimum Gasteiger partial charge on any atom is -0.481 e. The van der Waals surface area contributed by atoms with Crippen molar-refractivity contribution in [3.63, 3.8) is 0 Å². The predicted molar refractivity (Wildman–Crippen MR) is 128 cm³/mol. The molecule has 0 spiro atoms. The molecule has 2 aliphatic rings. The smallest absolute Gasteiger partial charge is 0.407 e. The molecule has 1 fully saturated rings. The summed E-state index contributed by atoms with van der Waals surface area (Å²) < 4.78 is 5.64. The number of alkyl carbamates (subject to hydrolysis) is 1. The van der Waals surface area contributed by atoms with E-state index in [1.165, 1.54) is 0 Å². The van der Waals surface area contributed by atoms with Crippen LogP contribution in [0.15, 0.2) is 48.5 Å². The molecule has 0 bridgehead atoms. The highest BCUT2D eigenvalue weighted by Crippen LogP contribution is 2.44. The second kappa shape index (κ2) is 9.12. The number of hydrogen-bond donors (Lipinski definition) is 2. The van der Waals surface area contributed by atoms with E-state index < -0.39 is 29.4 Å². The summed E-state index contributed by atoms with van der Waals surface area (Å²) in [7, 11) is 0. The molecule has 0 saturated carbocycles. The van der Waals surface area contributed by atoms with Crippen LogP contribution in [0.1, 0.15) is 44.7 Å². The Kier molecular flexibility index (Phi) is 6.39. The van der Waals surface area contributed by atoms with Gasteiger partial charge in [0.15, 0.2) is 0 Å². The molecular weight excluding hydrogens is 432 g/mol. The van der Waals surface area contributed by atoms with E-state index in [4.69, 9.17) is 4.74 Å². The number of benzene rings is 2. The molecule has 2 atom stereocenters. The topological polar surface area (TPSA) is 95.9 Å². The SMILES string of the molecule is CC(C(=O)O)C1CN(C(=O)[C@H](NC(=O)OCC2c3ccccc3-c3ccccc32)C(C)(C)C)C1. The molecule has 0 radical (unpaired) electrons. The van der Waals surface area contributed by atoms with Crippen LogP contribution in [0.5, 0.6) is 0 Å². The zero-order chi connectivity index (χ0) is 24.6. The Morgan fingerprint density at radius 1 is 1.03 bits per heavy atom. The third kappa shape index (κ3) is 4.52. The number of carboxylic acids is 1. The maximum Gasteiger partial charge on any atom is 0.407 e. The average molecular weight is 465 g/mol. The van der Waals surface area contributed by atoms with Crippen molar-refractivity contribution in [2.24, 2.45) is 17.3 Å². The number of carbonyl (C=O) groups is 3. The van der Waals surface area contributed by atoms with E-state index in [0.29, 0.717) is 13.1 Å². The number of amides is 2. The Hall–Kier alpha value is -3.35. The summed E-state index contributed by atoms with van der Waals surface area (Å²) in [6, 6.07) is 15.5. The summed E-state index contributed by atoms with van der Waals surface area (Å²) in [4.78, 5) is 38.8. The summed E-state index contributed by atoms with van der Waals surface area (Å²) in [5, 5.41) is 12.0. The maximum absolute atomic E-state index is 13.1. The lowest BCUT2D eigenvalue weighted by Gasteiger charge is -2.44. The first-order valence-corrected chi connectivity index (χ1v) is 11.7. The van der Waals surface area contributed by atoms with Crippen molar-refractivity contribution in [1.29, 1.82) is 0 Å². The lowest BCUT2D eigenvalue weighted by Crippen LogP contribution is -2.61. The van der Waals surface area contributed by atoms with Crippen molar-refractivity contribution in [2.75, 3.05) is 19.7 Å². The largest absolute Gasteiger partial charge is 0.481 e. The molecule has 1 aliphatic carbocycles. The van der Waals surface area contributed by atoms with Gasteiger partial charge in [-0.1, -0.05) is 76.2 Å². The van der Waals surface area contributed by atoms with Crippen molar-refractivity contribution in [3.05, 3.63) is 59.7 Å². The van der Waals surface area contributed by atoms with Crippen LogP contribution in [0.25, 0.3) is 11.1 Å². The monoisotopic (exact) mass is 464 g/mol. The number of carbonyl (C=O) groups excluding carboxylic acids is 2. The van der Waals surface area contributed by atoms with Crippen LogP contribution in [0.4, 0.5) is 4.79 Å². The van der Waals surface area contributed by atoms with Crippen molar-refractivity contribution < 1.29 is 24.2 Å². The van der Waals surface area contributed by atoms with Gasteiger partial charge >= 0.3 is 12.1 Å². The molecule has 2 N–H and O–H groups in total. The van der Waals surface area contributed by atoms with Crippen LogP contribution in [-0.4, -0.2) is 53.7 Å². The van der Waals surface area contributed by atoms with Gasteiger partial charge in [-0.25, -0.2) is 4.79 Å². The number of fused-ring (bicyclic) bond motifs is 3. The highest BCUT2D eigenvalue weighted by Gasteiger charge is 2.43. The van der Waals surface area contributed by atoms with Crippen molar-refractivity contribution in [1.82, 2.24) is 10.2 Å². The number of nitrogens with one attached hydrogen (secondary N) is 1. The molecule has 4 rings (SSSR count). The molecule has 7 nitrogen and oxygen atoms in total. The normalized spacial score (nSPS) is 17.2. The fourth-order valence-electron chi connectivity index (χ4n) is 4.80. The van der Waals surface area contributed by atoms with Gasteiger partial charge in [0.1, 0.15) is 12.6 Å². The van der Waals surface area contributed by atoms with Gasteiger partial charge in [-0.15, -0.1) is 0 Å². The van der Waals surface area contributed by atoms with Crippen molar-refractivity contribution >= 4 is 18.0 Å². The van der Waals surface area contributed by atoms with Gasteiger partial charge in [-0.2, -0.15) is 0 Å². The number of likely N-dealkylation sites (tertiary alicyclic amines) is 1. The number of carboxylic acid groups (broad SMARTS) is 1. The number of nitrogens with zero attached hydrogens (tertiary/aromatic N) is 1. The maximum atomic E-state index is 13.1. The first-order chi connectivity index (χ1) is 16.1. The van der Waals surface area contributed by atoms with Crippen LogP contribution in [-0.2, 0) is 14.3 Å². The Balaban J connectivity index is 1.40. The van der Waals surface area contributed by atoms with Gasteiger partial charge < -0.3 is 20.1 Å². The first kappa shape index (κ1) is 23.8. The second-order valence-electron chi connectivity index (χ2n) is 10.4. The molecule has 7 heteroatoms. The molecule has 0 aromatic heterocycles. The third-order valence-electron chi connectivity index (χ3n) is 7.04. The molecule has 34 heavy (non-hydrogen) atoms. The van der Waals surface area contributed by atoms with Gasteiger partial charge in [0.05, 0.1) is 5.92 Å². The standard InChI is InChI=1S/C27H32N2O5/c1-16(25(31)32)17-13-29(14-17)24(30)23(27(2,3)4)28-26(33)34-15-22-20-11-7-5-9-18(20)19-10-6-8-12-21(19)22/h5-12,16-17,22-23H,13-15H2,1-4H3,(H,28,33)(H,31,32)/t16?,23-/m0/s1. The number of ether oxygens (including phenoxy) is 1. The van der Waals surface area contributed by atoms with E-state index in [0.717, 1.165) is 22.3 Å². The van der Waals surface area contributed by atoms with Crippen LogP contribution in [0, 0.1) is 17.3 Å². The van der Waals surface area contributed by atoms with E-state index in [2.05, 4.69) is 29.6 Å². The Bertz CT molecular complexity index is 1050. The highest BCUT2D eigenvalue weighted by molar-refractivity contribution is 5.87. The van der Waals surface area contributed by atoms with E-state index >= 15 is 0 Å². The summed E-state index contributed by atoms with van der Waals surface area (Å²) in [5.41, 5.74) is 4.01. The minimum atomic E-state index is -0.860. The van der Waals surface area contributed by atoms with Crippen molar-refractivity contribution in [3.8, 4) is 11.1 Å². The van der Waals surface area contributed by atoms with Gasteiger partial charge in [0.2, 0.25) is 5.91 Å².